The first kappa shape index (κ1) is 16.8. The molecule has 0 saturated heterocycles. The van der Waals surface area contributed by atoms with Gasteiger partial charge in [-0.15, -0.1) is 0 Å². The Kier molecular flexibility index (Phi) is 4.23. The Morgan fingerprint density at radius 2 is 1.71 bits per heavy atom. The number of alkyl halides is 3. The predicted molar refractivity (Wildman–Crippen MR) is 60.6 cm³/mol. The molecule has 21 heavy (non-hydrogen) atoms. The second kappa shape index (κ2) is 5.28. The summed E-state index contributed by atoms with van der Waals surface area (Å²) in [5.74, 6) is -6.49. The Balaban J connectivity index is 3.17. The van der Waals surface area contributed by atoms with Gasteiger partial charge in [0.15, 0.2) is 5.54 Å². The maximum absolute atomic E-state index is 13.4. The molecule has 0 bridgehead atoms. The number of amides is 1. The first-order valence-electron chi connectivity index (χ1n) is 5.27. The van der Waals surface area contributed by atoms with Crippen LogP contribution in [0.15, 0.2) is 12.1 Å². The first-order chi connectivity index (χ1) is 9.37. The van der Waals surface area contributed by atoms with Gasteiger partial charge in [0.2, 0.25) is 0 Å². The van der Waals surface area contributed by atoms with E-state index in [1.54, 1.807) is 0 Å². The number of hydrogen-bond donors (Lipinski definition) is 3. The van der Waals surface area contributed by atoms with Crippen LogP contribution < -0.4 is 11.1 Å². The Morgan fingerprint density at radius 1 is 1.19 bits per heavy atom. The van der Waals surface area contributed by atoms with Crippen LogP contribution in [0.2, 0.25) is 0 Å². The predicted octanol–water partition coefficient (Wildman–Crippen LogP) is 1.88. The molecule has 0 aliphatic carbocycles. The first-order valence-corrected chi connectivity index (χ1v) is 5.27. The number of anilines is 1. The van der Waals surface area contributed by atoms with Crippen LogP contribution >= 0.6 is 0 Å². The van der Waals surface area contributed by atoms with Gasteiger partial charge in [0, 0.05) is 6.07 Å². The van der Waals surface area contributed by atoms with Crippen LogP contribution in [0.1, 0.15) is 17.3 Å². The van der Waals surface area contributed by atoms with Crippen molar-refractivity contribution in [2.45, 2.75) is 18.6 Å². The smallest absolute Gasteiger partial charge is 0.415 e. The van der Waals surface area contributed by atoms with E-state index >= 15 is 0 Å². The third-order valence-corrected chi connectivity index (χ3v) is 2.60. The third-order valence-electron chi connectivity index (χ3n) is 2.60. The van der Waals surface area contributed by atoms with Crippen molar-refractivity contribution in [2.24, 2.45) is 5.73 Å². The van der Waals surface area contributed by atoms with Gasteiger partial charge >= 0.3 is 12.1 Å². The summed E-state index contributed by atoms with van der Waals surface area (Å²) in [6, 6.07) is 0.484. The molecule has 0 radical (unpaired) electrons. The highest BCUT2D eigenvalue weighted by molar-refractivity contribution is 5.99. The Labute approximate surface area is 114 Å². The van der Waals surface area contributed by atoms with E-state index in [0.717, 1.165) is 0 Å². The van der Waals surface area contributed by atoms with Crippen molar-refractivity contribution in [1.29, 1.82) is 0 Å². The monoisotopic (exact) mass is 312 g/mol. The van der Waals surface area contributed by atoms with Crippen molar-refractivity contribution in [2.75, 3.05) is 5.32 Å². The largest absolute Gasteiger partial charge is 0.478 e. The Hall–Kier alpha value is -2.23. The van der Waals surface area contributed by atoms with Crippen LogP contribution in [0.25, 0.3) is 0 Å². The highest BCUT2D eigenvalue weighted by Crippen LogP contribution is 2.29. The van der Waals surface area contributed by atoms with Gasteiger partial charge in [-0.05, 0) is 13.0 Å². The molecular formula is C11H9F5N2O3. The number of carboxylic acid groups (broad SMARTS) is 1. The molecule has 0 aliphatic rings. The van der Waals surface area contributed by atoms with E-state index in [2.05, 4.69) is 0 Å². The van der Waals surface area contributed by atoms with Crippen LogP contribution in [-0.2, 0) is 4.79 Å². The Morgan fingerprint density at radius 3 is 2.14 bits per heavy atom. The zero-order valence-electron chi connectivity index (χ0n) is 10.4. The molecule has 1 amide bonds. The number of rotatable bonds is 3. The van der Waals surface area contributed by atoms with Crippen molar-refractivity contribution in [1.82, 2.24) is 0 Å². The van der Waals surface area contributed by atoms with E-state index in [4.69, 9.17) is 10.8 Å². The zero-order chi connectivity index (χ0) is 16.6. The summed E-state index contributed by atoms with van der Waals surface area (Å²) in [6.07, 6.45) is -5.12. The fraction of sp³-hybridized carbons (Fsp3) is 0.273. The topological polar surface area (TPSA) is 92.4 Å². The molecule has 5 nitrogen and oxygen atoms in total. The van der Waals surface area contributed by atoms with E-state index < -0.39 is 46.5 Å². The van der Waals surface area contributed by atoms with Gasteiger partial charge in [-0.3, -0.25) is 4.79 Å². The van der Waals surface area contributed by atoms with Crippen LogP contribution in [0.5, 0.6) is 0 Å². The number of carbonyl (C=O) groups excluding carboxylic acids is 1. The number of nitrogens with one attached hydrogen (secondary N) is 1. The highest BCUT2D eigenvalue weighted by Gasteiger charge is 2.54. The number of halogens is 5. The lowest BCUT2D eigenvalue weighted by molar-refractivity contribution is -0.184. The average Bonchev–Trinajstić information content (AvgIpc) is 2.30. The summed E-state index contributed by atoms with van der Waals surface area (Å²) in [5.41, 5.74) is -0.470. The normalized spacial score (nSPS) is 14.4. The minimum Gasteiger partial charge on any atom is -0.478 e. The van der Waals surface area contributed by atoms with E-state index in [9.17, 15) is 31.5 Å². The number of nitrogens with two attached hydrogens (primary N) is 1. The van der Waals surface area contributed by atoms with Crippen molar-refractivity contribution in [3.8, 4) is 0 Å². The summed E-state index contributed by atoms with van der Waals surface area (Å²) in [7, 11) is 0. The number of aromatic carboxylic acids is 1. The van der Waals surface area contributed by atoms with Crippen molar-refractivity contribution < 1.29 is 36.6 Å². The van der Waals surface area contributed by atoms with Crippen molar-refractivity contribution in [3.05, 3.63) is 29.3 Å². The molecule has 0 aromatic heterocycles. The lowest BCUT2D eigenvalue weighted by Gasteiger charge is -2.26. The Bertz CT molecular complexity index is 598. The molecule has 4 N–H and O–H groups in total. The molecule has 1 rings (SSSR count). The summed E-state index contributed by atoms with van der Waals surface area (Å²) in [4.78, 5) is 22.1. The summed E-state index contributed by atoms with van der Waals surface area (Å²) in [6.45, 7) is 0.349. The maximum Gasteiger partial charge on any atom is 0.415 e. The van der Waals surface area contributed by atoms with E-state index in [1.807, 2.05) is 0 Å². The molecule has 10 heteroatoms. The molecular weight excluding hydrogens is 303 g/mol. The average molecular weight is 312 g/mol. The summed E-state index contributed by atoms with van der Waals surface area (Å²) in [5, 5.41) is 10.1. The zero-order valence-corrected chi connectivity index (χ0v) is 10.4. The molecule has 0 saturated carbocycles. The van der Waals surface area contributed by atoms with E-state index in [0.29, 0.717) is 13.0 Å². The van der Waals surface area contributed by atoms with Crippen LogP contribution in [0.4, 0.5) is 27.6 Å². The van der Waals surface area contributed by atoms with Gasteiger partial charge < -0.3 is 16.2 Å². The van der Waals surface area contributed by atoms with Gasteiger partial charge in [-0.1, -0.05) is 0 Å². The fourth-order valence-electron chi connectivity index (χ4n) is 1.19. The molecule has 1 unspecified atom stereocenters. The van der Waals surface area contributed by atoms with Crippen molar-refractivity contribution >= 4 is 17.6 Å². The van der Waals surface area contributed by atoms with Crippen LogP contribution in [-0.4, -0.2) is 28.7 Å². The fourth-order valence-corrected chi connectivity index (χ4v) is 1.19. The molecule has 0 fully saturated rings. The molecule has 1 atom stereocenters. The van der Waals surface area contributed by atoms with E-state index in [-0.39, 0.29) is 6.07 Å². The molecule has 1 aromatic carbocycles. The molecule has 116 valence electrons. The third kappa shape index (κ3) is 3.27. The minimum atomic E-state index is -5.12. The standard InChI is InChI=1S/C11H9F5N2O3/c1-10(17,11(14,15)16)9(21)18-7-2-4(8(19)20)5(12)3-6(7)13/h2-3H,17H2,1H3,(H,18,21)(H,19,20). The van der Waals surface area contributed by atoms with Gasteiger partial charge in [0.25, 0.3) is 5.91 Å². The lowest BCUT2D eigenvalue weighted by Crippen LogP contribution is -2.59. The minimum absolute atomic E-state index is 0.126. The lowest BCUT2D eigenvalue weighted by atomic mass is 10.0. The number of carboxylic acids is 1. The molecule has 0 heterocycles. The van der Waals surface area contributed by atoms with Gasteiger partial charge in [-0.25, -0.2) is 13.6 Å². The second-order valence-electron chi connectivity index (χ2n) is 4.27. The van der Waals surface area contributed by atoms with Crippen LogP contribution in [0.3, 0.4) is 0 Å². The van der Waals surface area contributed by atoms with Gasteiger partial charge in [-0.2, -0.15) is 13.2 Å². The SMILES string of the molecule is CC(N)(C(=O)Nc1cc(C(=O)O)c(F)cc1F)C(F)(F)F. The second-order valence-corrected chi connectivity index (χ2v) is 4.27. The van der Waals surface area contributed by atoms with Gasteiger partial charge in [0.05, 0.1) is 11.3 Å². The van der Waals surface area contributed by atoms with Crippen molar-refractivity contribution in [3.63, 3.8) is 0 Å². The molecule has 1 aromatic rings. The number of carbonyl (C=O) groups is 2. The van der Waals surface area contributed by atoms with E-state index in [1.165, 1.54) is 5.32 Å². The number of hydrogen-bond acceptors (Lipinski definition) is 3. The molecule has 0 spiro atoms. The summed E-state index contributed by atoms with van der Waals surface area (Å²) < 4.78 is 64.0. The van der Waals surface area contributed by atoms with Gasteiger partial charge in [0.1, 0.15) is 11.6 Å². The maximum atomic E-state index is 13.4. The molecule has 0 aliphatic heterocycles. The highest BCUT2D eigenvalue weighted by atomic mass is 19.4. The quantitative estimate of drug-likeness (QED) is 0.743. The number of benzene rings is 1. The summed E-state index contributed by atoms with van der Waals surface area (Å²) >= 11 is 0. The van der Waals surface area contributed by atoms with Crippen LogP contribution in [0, 0.1) is 11.6 Å².